The summed E-state index contributed by atoms with van der Waals surface area (Å²) in [6.45, 7) is 5.58. The summed E-state index contributed by atoms with van der Waals surface area (Å²) >= 11 is 0. The Morgan fingerprint density at radius 1 is 1.10 bits per heavy atom. The van der Waals surface area contributed by atoms with E-state index in [0.29, 0.717) is 6.04 Å². The van der Waals surface area contributed by atoms with Gasteiger partial charge in [0.25, 0.3) is 0 Å². The predicted octanol–water partition coefficient (Wildman–Crippen LogP) is 4.88. The topological polar surface area (TPSA) is 12.0 Å². The number of hydrogen-bond donors (Lipinski definition) is 1. The first kappa shape index (κ1) is 15.6. The van der Waals surface area contributed by atoms with E-state index in [1.54, 1.807) is 0 Å². The lowest BCUT2D eigenvalue weighted by molar-refractivity contribution is 0.296. The monoisotopic (exact) mass is 273 g/mol. The maximum atomic E-state index is 3.78. The minimum absolute atomic E-state index is 0.667. The molecule has 20 heavy (non-hydrogen) atoms. The van der Waals surface area contributed by atoms with E-state index in [2.05, 4.69) is 43.4 Å². The highest BCUT2D eigenvalue weighted by atomic mass is 14.9. The van der Waals surface area contributed by atoms with Gasteiger partial charge < -0.3 is 5.32 Å². The second-order valence-electron chi connectivity index (χ2n) is 6.58. The highest BCUT2D eigenvalue weighted by Crippen LogP contribution is 2.28. The molecule has 0 amide bonds. The molecule has 1 aromatic carbocycles. The molecule has 0 radical (unpaired) electrons. The van der Waals surface area contributed by atoms with Crippen LogP contribution in [0.15, 0.2) is 24.3 Å². The summed E-state index contributed by atoms with van der Waals surface area (Å²) in [6.07, 6.45) is 11.1. The summed E-state index contributed by atoms with van der Waals surface area (Å²) in [5.41, 5.74) is 2.85. The molecule has 1 aromatic rings. The standard InChI is InChI=1S/C19H31N/c1-3-13-20-19(14-17-7-5-4-6-8-17)15-18-11-9-16(2)10-12-18/h9-12,17,19-20H,3-8,13-15H2,1-2H3. The zero-order valence-electron chi connectivity index (χ0n) is 13.3. The molecule has 1 nitrogen and oxygen atoms in total. The van der Waals surface area contributed by atoms with Crippen molar-refractivity contribution in [1.29, 1.82) is 0 Å². The minimum Gasteiger partial charge on any atom is -0.314 e. The molecular formula is C19H31N. The minimum atomic E-state index is 0.667. The van der Waals surface area contributed by atoms with E-state index in [9.17, 15) is 0 Å². The molecule has 1 aliphatic carbocycles. The molecule has 1 atom stereocenters. The molecule has 2 rings (SSSR count). The summed E-state index contributed by atoms with van der Waals surface area (Å²) in [7, 11) is 0. The van der Waals surface area contributed by atoms with E-state index in [0.717, 1.165) is 12.5 Å². The van der Waals surface area contributed by atoms with E-state index in [4.69, 9.17) is 0 Å². The second kappa shape index (κ2) is 8.46. The lowest BCUT2D eigenvalue weighted by Gasteiger charge is -2.27. The third-order valence-electron chi connectivity index (χ3n) is 4.63. The fraction of sp³-hybridized carbons (Fsp3) is 0.684. The van der Waals surface area contributed by atoms with Crippen molar-refractivity contribution in [3.63, 3.8) is 0 Å². The predicted molar refractivity (Wildman–Crippen MR) is 88.2 cm³/mol. The van der Waals surface area contributed by atoms with Crippen molar-refractivity contribution in [3.05, 3.63) is 35.4 Å². The Morgan fingerprint density at radius 2 is 1.80 bits per heavy atom. The summed E-state index contributed by atoms with van der Waals surface area (Å²) in [4.78, 5) is 0. The summed E-state index contributed by atoms with van der Waals surface area (Å²) in [5, 5.41) is 3.78. The van der Waals surface area contributed by atoms with Crippen molar-refractivity contribution >= 4 is 0 Å². The van der Waals surface area contributed by atoms with Crippen LogP contribution in [0.2, 0.25) is 0 Å². The molecular weight excluding hydrogens is 242 g/mol. The van der Waals surface area contributed by atoms with Crippen LogP contribution in [0.4, 0.5) is 0 Å². The van der Waals surface area contributed by atoms with E-state index >= 15 is 0 Å². The quantitative estimate of drug-likeness (QED) is 0.747. The van der Waals surface area contributed by atoms with Crippen LogP contribution >= 0.6 is 0 Å². The van der Waals surface area contributed by atoms with Gasteiger partial charge in [0.1, 0.15) is 0 Å². The average molecular weight is 273 g/mol. The molecule has 1 N–H and O–H groups in total. The average Bonchev–Trinajstić information content (AvgIpc) is 2.48. The number of nitrogens with one attached hydrogen (secondary N) is 1. The van der Waals surface area contributed by atoms with Crippen molar-refractivity contribution < 1.29 is 0 Å². The van der Waals surface area contributed by atoms with Crippen LogP contribution in [-0.2, 0) is 6.42 Å². The van der Waals surface area contributed by atoms with E-state index in [1.165, 1.54) is 62.5 Å². The van der Waals surface area contributed by atoms with Crippen LogP contribution in [0.3, 0.4) is 0 Å². The molecule has 1 unspecified atom stereocenters. The van der Waals surface area contributed by atoms with Crippen LogP contribution < -0.4 is 5.32 Å². The highest BCUT2D eigenvalue weighted by molar-refractivity contribution is 5.22. The van der Waals surface area contributed by atoms with Crippen LogP contribution in [0, 0.1) is 12.8 Å². The van der Waals surface area contributed by atoms with Gasteiger partial charge in [0.15, 0.2) is 0 Å². The fourth-order valence-electron chi connectivity index (χ4n) is 3.42. The lowest BCUT2D eigenvalue weighted by atomic mass is 9.83. The van der Waals surface area contributed by atoms with Gasteiger partial charge in [-0.25, -0.2) is 0 Å². The molecule has 0 spiro atoms. The van der Waals surface area contributed by atoms with Crippen molar-refractivity contribution in [3.8, 4) is 0 Å². The normalized spacial score (nSPS) is 18.1. The van der Waals surface area contributed by atoms with Gasteiger partial charge in [-0.15, -0.1) is 0 Å². The molecule has 1 fully saturated rings. The van der Waals surface area contributed by atoms with E-state index in [1.807, 2.05) is 0 Å². The van der Waals surface area contributed by atoms with Crippen LogP contribution in [0.5, 0.6) is 0 Å². The van der Waals surface area contributed by atoms with Gasteiger partial charge in [0.2, 0.25) is 0 Å². The number of benzene rings is 1. The van der Waals surface area contributed by atoms with Crippen molar-refractivity contribution in [2.24, 2.45) is 5.92 Å². The third-order valence-corrected chi connectivity index (χ3v) is 4.63. The molecule has 0 saturated heterocycles. The Bertz CT molecular complexity index is 362. The van der Waals surface area contributed by atoms with E-state index < -0.39 is 0 Å². The molecule has 0 aliphatic heterocycles. The van der Waals surface area contributed by atoms with Gasteiger partial charge in [-0.3, -0.25) is 0 Å². The van der Waals surface area contributed by atoms with Gasteiger partial charge >= 0.3 is 0 Å². The Hall–Kier alpha value is -0.820. The third kappa shape index (κ3) is 5.28. The van der Waals surface area contributed by atoms with Crippen molar-refractivity contribution in [2.45, 2.75) is 71.3 Å². The van der Waals surface area contributed by atoms with Crippen LogP contribution in [-0.4, -0.2) is 12.6 Å². The summed E-state index contributed by atoms with van der Waals surface area (Å²) < 4.78 is 0. The smallest absolute Gasteiger partial charge is 0.0110 e. The second-order valence-corrected chi connectivity index (χ2v) is 6.58. The summed E-state index contributed by atoms with van der Waals surface area (Å²) in [5.74, 6) is 0.962. The SMILES string of the molecule is CCCNC(Cc1ccc(C)cc1)CC1CCCCC1. The Balaban J connectivity index is 1.89. The Kier molecular flexibility index (Phi) is 6.59. The molecule has 1 heteroatoms. The van der Waals surface area contributed by atoms with Gasteiger partial charge in [-0.2, -0.15) is 0 Å². The first-order valence-corrected chi connectivity index (χ1v) is 8.57. The number of rotatable bonds is 7. The molecule has 0 aromatic heterocycles. The molecule has 0 heterocycles. The maximum Gasteiger partial charge on any atom is 0.0110 e. The van der Waals surface area contributed by atoms with Gasteiger partial charge in [-0.1, -0.05) is 68.9 Å². The maximum absolute atomic E-state index is 3.78. The van der Waals surface area contributed by atoms with Gasteiger partial charge in [-0.05, 0) is 44.2 Å². The van der Waals surface area contributed by atoms with E-state index in [-0.39, 0.29) is 0 Å². The van der Waals surface area contributed by atoms with Crippen LogP contribution in [0.1, 0.15) is 63.0 Å². The molecule has 112 valence electrons. The number of hydrogen-bond acceptors (Lipinski definition) is 1. The molecule has 0 bridgehead atoms. The lowest BCUT2D eigenvalue weighted by Crippen LogP contribution is -2.34. The van der Waals surface area contributed by atoms with Crippen molar-refractivity contribution in [1.82, 2.24) is 5.32 Å². The van der Waals surface area contributed by atoms with Crippen LogP contribution in [0.25, 0.3) is 0 Å². The van der Waals surface area contributed by atoms with Crippen molar-refractivity contribution in [2.75, 3.05) is 6.54 Å². The summed E-state index contributed by atoms with van der Waals surface area (Å²) in [6, 6.07) is 9.76. The fourth-order valence-corrected chi connectivity index (χ4v) is 3.42. The zero-order valence-corrected chi connectivity index (χ0v) is 13.3. The molecule has 1 saturated carbocycles. The Labute approximate surface area is 125 Å². The largest absolute Gasteiger partial charge is 0.314 e. The molecule has 1 aliphatic rings. The zero-order chi connectivity index (χ0) is 14.2. The first-order valence-electron chi connectivity index (χ1n) is 8.57. The highest BCUT2D eigenvalue weighted by Gasteiger charge is 2.18. The Morgan fingerprint density at radius 3 is 2.45 bits per heavy atom. The van der Waals surface area contributed by atoms with Gasteiger partial charge in [0.05, 0.1) is 0 Å². The number of aryl methyl sites for hydroxylation is 1. The first-order chi connectivity index (χ1) is 9.78. The van der Waals surface area contributed by atoms with Gasteiger partial charge in [0, 0.05) is 6.04 Å².